The van der Waals surface area contributed by atoms with Gasteiger partial charge in [0.15, 0.2) is 5.82 Å². The Morgan fingerprint density at radius 2 is 2.10 bits per heavy atom. The number of aromatic nitrogens is 4. The summed E-state index contributed by atoms with van der Waals surface area (Å²) in [4.78, 5) is 15.2. The van der Waals surface area contributed by atoms with E-state index >= 15 is 4.39 Å². The van der Waals surface area contributed by atoms with Gasteiger partial charge in [0.05, 0.1) is 35.1 Å². The molecule has 5 rings (SSSR count). The number of hydrogen-bond donors (Lipinski definition) is 1. The van der Waals surface area contributed by atoms with Crippen molar-refractivity contribution in [1.82, 2.24) is 19.5 Å². The van der Waals surface area contributed by atoms with Crippen molar-refractivity contribution in [1.29, 1.82) is 0 Å². The van der Waals surface area contributed by atoms with Crippen LogP contribution in [-0.4, -0.2) is 58.5 Å². The Kier molecular flexibility index (Phi) is 5.18. The Balaban J connectivity index is 1.57. The summed E-state index contributed by atoms with van der Waals surface area (Å²) in [7, 11) is 1.95. The van der Waals surface area contributed by atoms with Gasteiger partial charge in [-0.2, -0.15) is 0 Å². The number of nitrogens with zero attached hydrogens (tertiary/aromatic N) is 5. The molecule has 0 unspecified atom stereocenters. The normalized spacial score (nSPS) is 23.8. The summed E-state index contributed by atoms with van der Waals surface area (Å²) in [5, 5.41) is 3.31. The molecule has 3 atom stereocenters. The van der Waals surface area contributed by atoms with Crippen LogP contribution in [-0.2, 0) is 4.74 Å². The predicted octanol–water partition coefficient (Wildman–Crippen LogP) is 4.23. The summed E-state index contributed by atoms with van der Waals surface area (Å²) < 4.78 is 36.4. The Hall–Kier alpha value is -2.52. The Morgan fingerprint density at radius 1 is 1.26 bits per heavy atom. The maximum Gasteiger partial charge on any atom is 0.223 e. The monoisotopic (exact) mass is 448 g/mol. The highest BCUT2D eigenvalue weighted by atomic mass is 35.5. The van der Waals surface area contributed by atoms with Gasteiger partial charge in [-0.15, -0.1) is 0 Å². The average molecular weight is 449 g/mol. The highest BCUT2D eigenvalue weighted by Gasteiger charge is 2.28. The Bertz CT molecular complexity index is 1140. The molecule has 31 heavy (non-hydrogen) atoms. The molecule has 2 aliphatic rings. The number of alkyl halides is 1. The van der Waals surface area contributed by atoms with Crippen LogP contribution in [0.5, 0.6) is 0 Å². The molecule has 164 valence electrons. The molecule has 10 heteroatoms. The largest absolute Gasteiger partial charge is 0.378 e. The second-order valence-corrected chi connectivity index (χ2v) is 8.59. The SMILES string of the molecule is C[C@H]1CCN(C)c2nc3c(F)cc(-c4nc(N[C@@H]5CCOC[C@H]5F)ncc4Cl)cc3n21. The highest BCUT2D eigenvalue weighted by molar-refractivity contribution is 6.33. The van der Waals surface area contributed by atoms with E-state index in [4.69, 9.17) is 16.3 Å². The summed E-state index contributed by atoms with van der Waals surface area (Å²) in [6.07, 6.45) is 1.75. The molecule has 7 nitrogen and oxygen atoms in total. The fourth-order valence-electron chi connectivity index (χ4n) is 4.26. The predicted molar refractivity (Wildman–Crippen MR) is 116 cm³/mol. The lowest BCUT2D eigenvalue weighted by atomic mass is 10.1. The molecule has 0 bridgehead atoms. The minimum atomic E-state index is -1.15. The third kappa shape index (κ3) is 3.59. The van der Waals surface area contributed by atoms with E-state index in [1.807, 2.05) is 18.0 Å². The third-order valence-electron chi connectivity index (χ3n) is 6.01. The third-order valence-corrected chi connectivity index (χ3v) is 6.29. The van der Waals surface area contributed by atoms with Gasteiger partial charge in [-0.05, 0) is 31.9 Å². The zero-order valence-corrected chi connectivity index (χ0v) is 18.0. The van der Waals surface area contributed by atoms with Gasteiger partial charge in [-0.3, -0.25) is 0 Å². The number of nitrogens with one attached hydrogen (secondary N) is 1. The van der Waals surface area contributed by atoms with E-state index < -0.39 is 18.0 Å². The molecular weight excluding hydrogens is 426 g/mol. The molecule has 2 aromatic heterocycles. The quantitative estimate of drug-likeness (QED) is 0.647. The van der Waals surface area contributed by atoms with Crippen molar-refractivity contribution in [3.05, 3.63) is 29.2 Å². The van der Waals surface area contributed by atoms with Gasteiger partial charge in [-0.1, -0.05) is 11.6 Å². The first kappa shape index (κ1) is 20.4. The van der Waals surface area contributed by atoms with E-state index in [0.29, 0.717) is 35.3 Å². The summed E-state index contributed by atoms with van der Waals surface area (Å²) in [6, 6.07) is 2.99. The molecule has 2 aliphatic heterocycles. The van der Waals surface area contributed by atoms with Gasteiger partial charge in [0.2, 0.25) is 11.9 Å². The first-order valence-corrected chi connectivity index (χ1v) is 10.7. The number of imidazole rings is 1. The molecule has 1 fully saturated rings. The van der Waals surface area contributed by atoms with Gasteiger partial charge in [0.25, 0.3) is 0 Å². The number of rotatable bonds is 3. The van der Waals surface area contributed by atoms with Crippen LogP contribution in [0.4, 0.5) is 20.7 Å². The van der Waals surface area contributed by atoms with E-state index in [-0.39, 0.29) is 23.6 Å². The number of benzene rings is 1. The molecular formula is C21H23ClF2N6O. The van der Waals surface area contributed by atoms with Crippen LogP contribution in [0.3, 0.4) is 0 Å². The van der Waals surface area contributed by atoms with Crippen molar-refractivity contribution >= 4 is 34.5 Å². The maximum absolute atomic E-state index is 15.1. The molecule has 0 saturated carbocycles. The van der Waals surface area contributed by atoms with Crippen LogP contribution in [0.25, 0.3) is 22.3 Å². The standard InChI is InChI=1S/C21H23ClF2N6O/c1-11-3-5-29(2)21-28-19-14(23)7-12(8-17(19)30(11)21)18-13(22)9-25-20(27-18)26-16-4-6-31-10-15(16)24/h7-9,11,15-16H,3-6,10H2,1-2H3,(H,25,26,27)/t11-,15+,16+/m0/s1. The molecule has 1 aromatic carbocycles. The van der Waals surface area contributed by atoms with E-state index in [1.54, 1.807) is 0 Å². The zero-order chi connectivity index (χ0) is 21.7. The first-order chi connectivity index (χ1) is 14.9. The summed E-state index contributed by atoms with van der Waals surface area (Å²) >= 11 is 6.37. The van der Waals surface area contributed by atoms with E-state index in [9.17, 15) is 4.39 Å². The molecule has 1 saturated heterocycles. The number of hydrogen-bond acceptors (Lipinski definition) is 6. The fraction of sp³-hybridized carbons (Fsp3) is 0.476. The fourth-order valence-corrected chi connectivity index (χ4v) is 4.46. The van der Waals surface area contributed by atoms with Crippen molar-refractivity contribution in [2.75, 3.05) is 37.0 Å². The van der Waals surface area contributed by atoms with Crippen molar-refractivity contribution in [2.45, 2.75) is 38.0 Å². The van der Waals surface area contributed by atoms with E-state index in [0.717, 1.165) is 18.9 Å². The van der Waals surface area contributed by atoms with Crippen LogP contribution in [0, 0.1) is 5.82 Å². The minimum absolute atomic E-state index is 0.0406. The van der Waals surface area contributed by atoms with Crippen LogP contribution >= 0.6 is 11.6 Å². The zero-order valence-electron chi connectivity index (χ0n) is 17.3. The summed E-state index contributed by atoms with van der Waals surface area (Å²) in [6.45, 7) is 3.48. The van der Waals surface area contributed by atoms with Crippen LogP contribution in [0.15, 0.2) is 18.3 Å². The van der Waals surface area contributed by atoms with Crippen molar-refractivity contribution in [2.24, 2.45) is 0 Å². The first-order valence-electron chi connectivity index (χ1n) is 10.4. The average Bonchev–Trinajstić information content (AvgIpc) is 3.15. The smallest absolute Gasteiger partial charge is 0.223 e. The number of halogens is 3. The molecule has 1 N–H and O–H groups in total. The molecule has 0 aliphatic carbocycles. The highest BCUT2D eigenvalue weighted by Crippen LogP contribution is 2.36. The van der Waals surface area contributed by atoms with Gasteiger partial charge < -0.3 is 19.5 Å². The van der Waals surface area contributed by atoms with Gasteiger partial charge in [-0.25, -0.2) is 23.7 Å². The number of anilines is 2. The lowest BCUT2D eigenvalue weighted by Crippen LogP contribution is -2.39. The van der Waals surface area contributed by atoms with Crippen molar-refractivity contribution in [3.8, 4) is 11.3 Å². The summed E-state index contributed by atoms with van der Waals surface area (Å²) in [5.74, 6) is 0.555. The molecule has 4 heterocycles. The second kappa shape index (κ2) is 7.87. The molecule has 3 aromatic rings. The lowest BCUT2D eigenvalue weighted by molar-refractivity contribution is 0.0284. The lowest BCUT2D eigenvalue weighted by Gasteiger charge is -2.30. The Labute approximate surface area is 183 Å². The van der Waals surface area contributed by atoms with Gasteiger partial charge in [0, 0.05) is 31.8 Å². The maximum atomic E-state index is 15.1. The summed E-state index contributed by atoms with van der Waals surface area (Å²) in [5.41, 5.74) is 1.92. The van der Waals surface area contributed by atoms with E-state index in [2.05, 4.69) is 31.8 Å². The second-order valence-electron chi connectivity index (χ2n) is 8.19. The number of ether oxygens (including phenoxy) is 1. The van der Waals surface area contributed by atoms with Crippen molar-refractivity contribution in [3.63, 3.8) is 0 Å². The topological polar surface area (TPSA) is 68.1 Å². The molecule has 0 radical (unpaired) electrons. The number of fused-ring (bicyclic) bond motifs is 3. The van der Waals surface area contributed by atoms with Crippen LogP contribution in [0.1, 0.15) is 25.8 Å². The van der Waals surface area contributed by atoms with Crippen LogP contribution < -0.4 is 10.2 Å². The van der Waals surface area contributed by atoms with Crippen molar-refractivity contribution < 1.29 is 13.5 Å². The van der Waals surface area contributed by atoms with Gasteiger partial charge in [0.1, 0.15) is 11.7 Å². The molecule has 0 amide bonds. The van der Waals surface area contributed by atoms with Gasteiger partial charge >= 0.3 is 0 Å². The van der Waals surface area contributed by atoms with Crippen LogP contribution in [0.2, 0.25) is 5.02 Å². The minimum Gasteiger partial charge on any atom is -0.378 e. The van der Waals surface area contributed by atoms with E-state index in [1.165, 1.54) is 12.3 Å². The molecule has 0 spiro atoms. The Morgan fingerprint density at radius 3 is 2.90 bits per heavy atom.